The summed E-state index contributed by atoms with van der Waals surface area (Å²) in [5.41, 5.74) is 4.17. The van der Waals surface area contributed by atoms with Gasteiger partial charge in [0.05, 0.1) is 11.6 Å². The first-order chi connectivity index (χ1) is 13.2. The maximum atomic E-state index is 13.1. The number of nitrogens with zero attached hydrogens (tertiary/aromatic N) is 3. The van der Waals surface area contributed by atoms with Gasteiger partial charge < -0.3 is 10.2 Å². The van der Waals surface area contributed by atoms with E-state index in [1.807, 2.05) is 35.2 Å². The molecular formula is C22H18N4O. The molecule has 132 valence electrons. The number of anilines is 3. The van der Waals surface area contributed by atoms with E-state index in [1.54, 1.807) is 30.5 Å². The van der Waals surface area contributed by atoms with Crippen LogP contribution in [0.1, 0.15) is 28.4 Å². The Hall–Kier alpha value is -3.65. The Labute approximate surface area is 157 Å². The van der Waals surface area contributed by atoms with Crippen LogP contribution >= 0.6 is 0 Å². The maximum absolute atomic E-state index is 13.1. The predicted molar refractivity (Wildman–Crippen MR) is 105 cm³/mol. The van der Waals surface area contributed by atoms with Gasteiger partial charge in [-0.3, -0.25) is 4.79 Å². The fourth-order valence-corrected chi connectivity index (χ4v) is 3.42. The standard InChI is InChI=1S/C22H18N4O/c1-15-12-17-4-2-3-5-20(17)26(15)22(27)18-10-11-24-21(13-18)25-19-8-6-16(14-23)7-9-19/h2-11,13,15H,12H2,1H3,(H,24,25). The first kappa shape index (κ1) is 16.8. The van der Waals surface area contributed by atoms with Crippen LogP contribution in [0, 0.1) is 11.3 Å². The van der Waals surface area contributed by atoms with Crippen molar-refractivity contribution in [2.75, 3.05) is 10.2 Å². The first-order valence-electron chi connectivity index (χ1n) is 8.80. The summed E-state index contributed by atoms with van der Waals surface area (Å²) in [4.78, 5) is 19.3. The Morgan fingerprint density at radius 2 is 1.96 bits per heavy atom. The van der Waals surface area contributed by atoms with E-state index in [-0.39, 0.29) is 11.9 Å². The van der Waals surface area contributed by atoms with Gasteiger partial charge in [0, 0.05) is 29.2 Å². The molecule has 1 aromatic heterocycles. The summed E-state index contributed by atoms with van der Waals surface area (Å²) in [5, 5.41) is 12.1. The number of fused-ring (bicyclic) bond motifs is 1. The second kappa shape index (κ2) is 6.93. The fraction of sp³-hybridized carbons (Fsp3) is 0.136. The molecule has 1 aliphatic rings. The van der Waals surface area contributed by atoms with Crippen LogP contribution in [0.2, 0.25) is 0 Å². The van der Waals surface area contributed by atoms with Crippen molar-refractivity contribution in [2.24, 2.45) is 0 Å². The highest BCUT2D eigenvalue weighted by molar-refractivity contribution is 6.08. The Kier molecular flexibility index (Phi) is 4.31. The van der Waals surface area contributed by atoms with Gasteiger partial charge in [-0.1, -0.05) is 18.2 Å². The van der Waals surface area contributed by atoms with E-state index >= 15 is 0 Å². The highest BCUT2D eigenvalue weighted by Gasteiger charge is 2.31. The van der Waals surface area contributed by atoms with Gasteiger partial charge in [-0.25, -0.2) is 4.98 Å². The largest absolute Gasteiger partial charge is 0.340 e. The Morgan fingerprint density at radius 3 is 2.74 bits per heavy atom. The lowest BCUT2D eigenvalue weighted by Gasteiger charge is -2.23. The molecule has 1 unspecified atom stereocenters. The number of carbonyl (C=O) groups excluding carboxylic acids is 1. The molecule has 1 aliphatic heterocycles. The van der Waals surface area contributed by atoms with Crippen LogP contribution in [0.3, 0.4) is 0 Å². The van der Waals surface area contributed by atoms with Crippen molar-refractivity contribution in [3.63, 3.8) is 0 Å². The number of rotatable bonds is 3. The van der Waals surface area contributed by atoms with Gasteiger partial charge in [0.25, 0.3) is 5.91 Å². The third-order valence-electron chi connectivity index (χ3n) is 4.72. The molecule has 0 spiro atoms. The minimum absolute atomic E-state index is 0.0299. The van der Waals surface area contributed by atoms with Gasteiger partial charge in [0.15, 0.2) is 0 Å². The number of aromatic nitrogens is 1. The van der Waals surface area contributed by atoms with Gasteiger partial charge in [0.1, 0.15) is 5.82 Å². The van der Waals surface area contributed by atoms with Crippen molar-refractivity contribution in [1.29, 1.82) is 5.26 Å². The van der Waals surface area contributed by atoms with Crippen molar-refractivity contribution in [1.82, 2.24) is 4.98 Å². The molecule has 4 rings (SSSR count). The lowest BCUT2D eigenvalue weighted by Crippen LogP contribution is -2.35. The normalized spacial score (nSPS) is 15.1. The molecule has 1 N–H and O–H groups in total. The number of benzene rings is 2. The van der Waals surface area contributed by atoms with Crippen LogP contribution in [0.25, 0.3) is 0 Å². The lowest BCUT2D eigenvalue weighted by molar-refractivity contribution is 0.0981. The minimum atomic E-state index is -0.0299. The summed E-state index contributed by atoms with van der Waals surface area (Å²) in [6, 6.07) is 20.8. The molecule has 0 saturated carbocycles. The molecule has 5 heteroatoms. The molecule has 0 radical (unpaired) electrons. The lowest BCUT2D eigenvalue weighted by atomic mass is 10.1. The summed E-state index contributed by atoms with van der Waals surface area (Å²) in [5.74, 6) is 0.559. The smallest absolute Gasteiger partial charge is 0.258 e. The van der Waals surface area contributed by atoms with E-state index < -0.39 is 0 Å². The zero-order valence-electron chi connectivity index (χ0n) is 14.9. The number of carbonyl (C=O) groups is 1. The zero-order valence-corrected chi connectivity index (χ0v) is 14.9. The van der Waals surface area contributed by atoms with Crippen LogP contribution in [0.4, 0.5) is 17.2 Å². The van der Waals surface area contributed by atoms with Crippen molar-refractivity contribution < 1.29 is 4.79 Å². The second-order valence-corrected chi connectivity index (χ2v) is 6.60. The number of para-hydroxylation sites is 1. The molecule has 1 amide bonds. The van der Waals surface area contributed by atoms with Gasteiger partial charge in [0.2, 0.25) is 0 Å². The highest BCUT2D eigenvalue weighted by atomic mass is 16.2. The Morgan fingerprint density at radius 1 is 1.19 bits per heavy atom. The Balaban J connectivity index is 1.59. The number of nitriles is 1. The molecule has 2 heterocycles. The molecular weight excluding hydrogens is 336 g/mol. The number of amides is 1. The average molecular weight is 354 g/mol. The topological polar surface area (TPSA) is 69.0 Å². The summed E-state index contributed by atoms with van der Waals surface area (Å²) in [6.45, 7) is 2.06. The maximum Gasteiger partial charge on any atom is 0.258 e. The quantitative estimate of drug-likeness (QED) is 0.762. The third kappa shape index (κ3) is 3.25. The predicted octanol–water partition coefficient (Wildman–Crippen LogP) is 4.29. The molecule has 5 nitrogen and oxygen atoms in total. The van der Waals surface area contributed by atoms with Crippen LogP contribution in [-0.2, 0) is 6.42 Å². The van der Waals surface area contributed by atoms with E-state index in [0.29, 0.717) is 16.9 Å². The van der Waals surface area contributed by atoms with Crippen molar-refractivity contribution in [2.45, 2.75) is 19.4 Å². The second-order valence-electron chi connectivity index (χ2n) is 6.60. The van der Waals surface area contributed by atoms with E-state index in [1.165, 1.54) is 5.56 Å². The van der Waals surface area contributed by atoms with Gasteiger partial charge in [-0.2, -0.15) is 5.26 Å². The van der Waals surface area contributed by atoms with Crippen molar-refractivity contribution in [3.8, 4) is 6.07 Å². The highest BCUT2D eigenvalue weighted by Crippen LogP contribution is 2.33. The monoisotopic (exact) mass is 354 g/mol. The molecule has 3 aromatic rings. The number of nitrogens with one attached hydrogen (secondary N) is 1. The summed E-state index contributed by atoms with van der Waals surface area (Å²) < 4.78 is 0. The Bertz CT molecular complexity index is 1040. The molecule has 1 atom stereocenters. The molecule has 27 heavy (non-hydrogen) atoms. The molecule has 2 aromatic carbocycles. The van der Waals surface area contributed by atoms with Crippen LogP contribution in [0.15, 0.2) is 66.9 Å². The minimum Gasteiger partial charge on any atom is -0.340 e. The van der Waals surface area contributed by atoms with Crippen molar-refractivity contribution >= 4 is 23.1 Å². The zero-order chi connectivity index (χ0) is 18.8. The molecule has 0 bridgehead atoms. The number of hydrogen-bond acceptors (Lipinski definition) is 4. The van der Waals surface area contributed by atoms with Crippen LogP contribution in [-0.4, -0.2) is 16.9 Å². The van der Waals surface area contributed by atoms with Gasteiger partial charge in [-0.15, -0.1) is 0 Å². The van der Waals surface area contributed by atoms with E-state index in [4.69, 9.17) is 5.26 Å². The van der Waals surface area contributed by atoms with Gasteiger partial charge >= 0.3 is 0 Å². The van der Waals surface area contributed by atoms with Crippen LogP contribution < -0.4 is 10.2 Å². The average Bonchev–Trinajstić information content (AvgIpc) is 3.04. The fourth-order valence-electron chi connectivity index (χ4n) is 3.42. The van der Waals surface area contributed by atoms with Crippen LogP contribution in [0.5, 0.6) is 0 Å². The third-order valence-corrected chi connectivity index (χ3v) is 4.72. The molecule has 0 aliphatic carbocycles. The molecule has 0 saturated heterocycles. The number of pyridine rings is 1. The van der Waals surface area contributed by atoms with E-state index in [2.05, 4.69) is 29.4 Å². The van der Waals surface area contributed by atoms with E-state index in [9.17, 15) is 4.79 Å². The summed E-state index contributed by atoms with van der Waals surface area (Å²) >= 11 is 0. The summed E-state index contributed by atoms with van der Waals surface area (Å²) in [7, 11) is 0. The first-order valence-corrected chi connectivity index (χ1v) is 8.80. The SMILES string of the molecule is CC1Cc2ccccc2N1C(=O)c1ccnc(Nc2ccc(C#N)cc2)c1. The van der Waals surface area contributed by atoms with Crippen molar-refractivity contribution in [3.05, 3.63) is 83.6 Å². The number of hydrogen-bond donors (Lipinski definition) is 1. The van der Waals surface area contributed by atoms with Gasteiger partial charge in [-0.05, 0) is 61.4 Å². The molecule has 0 fully saturated rings. The summed E-state index contributed by atoms with van der Waals surface area (Å²) in [6.07, 6.45) is 2.50. The van der Waals surface area contributed by atoms with E-state index in [0.717, 1.165) is 17.8 Å².